The fourth-order valence-corrected chi connectivity index (χ4v) is 4.17. The van der Waals surface area contributed by atoms with E-state index in [-0.39, 0.29) is 6.04 Å². The Balaban J connectivity index is 1.35. The number of fused-ring (bicyclic) bond motifs is 1. The van der Waals surface area contributed by atoms with E-state index in [4.69, 9.17) is 9.97 Å². The molecule has 0 radical (unpaired) electrons. The highest BCUT2D eigenvalue weighted by Crippen LogP contribution is 2.26. The number of nitrogens with one attached hydrogen (secondary N) is 2. The highest BCUT2D eigenvalue weighted by Gasteiger charge is 2.22. The van der Waals surface area contributed by atoms with E-state index in [0.29, 0.717) is 29.7 Å². The molecule has 3 aromatic rings. The lowest BCUT2D eigenvalue weighted by Gasteiger charge is -2.30. The Labute approximate surface area is 181 Å². The number of rotatable bonds is 6. The first-order valence-corrected chi connectivity index (χ1v) is 10.8. The molecule has 0 amide bonds. The van der Waals surface area contributed by atoms with E-state index < -0.39 is 11.6 Å². The van der Waals surface area contributed by atoms with Crippen LogP contribution < -0.4 is 15.5 Å². The van der Waals surface area contributed by atoms with Crippen molar-refractivity contribution < 1.29 is 8.78 Å². The molecule has 31 heavy (non-hydrogen) atoms. The molecule has 1 aliphatic rings. The second-order valence-corrected chi connectivity index (χ2v) is 8.53. The van der Waals surface area contributed by atoms with Crippen molar-refractivity contribution in [1.29, 1.82) is 0 Å². The van der Waals surface area contributed by atoms with Gasteiger partial charge < -0.3 is 15.5 Å². The molecule has 7 heteroatoms. The van der Waals surface area contributed by atoms with Crippen LogP contribution in [0.1, 0.15) is 36.8 Å². The summed E-state index contributed by atoms with van der Waals surface area (Å²) >= 11 is 0. The average molecular weight is 426 g/mol. The highest BCUT2D eigenvalue weighted by molar-refractivity contribution is 5.90. The second-order valence-electron chi connectivity index (χ2n) is 8.53. The topological polar surface area (TPSA) is 53.1 Å². The summed E-state index contributed by atoms with van der Waals surface area (Å²) < 4.78 is 27.8. The van der Waals surface area contributed by atoms with Crippen molar-refractivity contribution in [2.24, 2.45) is 0 Å². The molecule has 0 aliphatic heterocycles. The molecule has 2 N–H and O–H groups in total. The van der Waals surface area contributed by atoms with Crippen molar-refractivity contribution in [3.05, 3.63) is 59.2 Å². The molecule has 2 aromatic carbocycles. The van der Waals surface area contributed by atoms with Gasteiger partial charge in [-0.05, 0) is 50.3 Å². The van der Waals surface area contributed by atoms with Gasteiger partial charge in [0, 0.05) is 43.7 Å². The van der Waals surface area contributed by atoms with E-state index in [1.807, 2.05) is 43.3 Å². The number of benzene rings is 2. The number of nitrogens with zero attached hydrogens (tertiary/aromatic N) is 3. The number of aryl methyl sites for hydroxylation is 1. The van der Waals surface area contributed by atoms with Gasteiger partial charge in [-0.3, -0.25) is 0 Å². The molecule has 0 saturated heterocycles. The molecule has 0 spiro atoms. The lowest BCUT2D eigenvalue weighted by atomic mass is 9.91. The molecule has 164 valence electrons. The summed E-state index contributed by atoms with van der Waals surface area (Å²) in [5, 5.41) is 7.92. The summed E-state index contributed by atoms with van der Waals surface area (Å²) in [4.78, 5) is 11.4. The minimum atomic E-state index is -0.750. The molecule has 0 unspecified atom stereocenters. The first kappa shape index (κ1) is 21.4. The van der Waals surface area contributed by atoms with Crippen molar-refractivity contribution in [3.8, 4) is 0 Å². The number of hydrogen-bond acceptors (Lipinski definition) is 5. The monoisotopic (exact) mass is 425 g/mol. The molecule has 1 saturated carbocycles. The molecular formula is C24H29F2N5. The summed E-state index contributed by atoms with van der Waals surface area (Å²) in [5.41, 5.74) is 1.64. The van der Waals surface area contributed by atoms with Crippen LogP contribution >= 0.6 is 0 Å². The van der Waals surface area contributed by atoms with E-state index in [9.17, 15) is 8.78 Å². The quantitative estimate of drug-likeness (QED) is 0.594. The van der Waals surface area contributed by atoms with Gasteiger partial charge >= 0.3 is 0 Å². The van der Waals surface area contributed by atoms with Crippen molar-refractivity contribution in [2.75, 3.05) is 24.3 Å². The predicted octanol–water partition coefficient (Wildman–Crippen LogP) is 4.80. The van der Waals surface area contributed by atoms with Gasteiger partial charge in [0.2, 0.25) is 5.95 Å². The molecule has 4 rings (SSSR count). The summed E-state index contributed by atoms with van der Waals surface area (Å²) in [7, 11) is 3.97. The summed E-state index contributed by atoms with van der Waals surface area (Å²) in [6, 6.07) is 11.9. The maximum Gasteiger partial charge on any atom is 0.225 e. The zero-order valence-corrected chi connectivity index (χ0v) is 18.3. The van der Waals surface area contributed by atoms with Gasteiger partial charge in [-0.2, -0.15) is 4.98 Å². The zero-order valence-electron chi connectivity index (χ0n) is 18.3. The van der Waals surface area contributed by atoms with E-state index in [1.54, 1.807) is 19.1 Å². The Morgan fingerprint density at radius 2 is 1.65 bits per heavy atom. The smallest absolute Gasteiger partial charge is 0.225 e. The largest absolute Gasteiger partial charge is 0.362 e. The summed E-state index contributed by atoms with van der Waals surface area (Å²) in [5.74, 6) is 0.0551. The molecule has 0 bridgehead atoms. The molecule has 0 atom stereocenters. The van der Waals surface area contributed by atoms with Crippen molar-refractivity contribution in [2.45, 2.75) is 51.2 Å². The second kappa shape index (κ2) is 9.14. The van der Waals surface area contributed by atoms with Gasteiger partial charge in [0.1, 0.15) is 5.82 Å². The van der Waals surface area contributed by atoms with Crippen LogP contribution in [0.5, 0.6) is 0 Å². The Morgan fingerprint density at radius 3 is 2.39 bits per heavy atom. The van der Waals surface area contributed by atoms with Gasteiger partial charge in [-0.1, -0.05) is 24.3 Å². The fourth-order valence-electron chi connectivity index (χ4n) is 4.17. The van der Waals surface area contributed by atoms with Crippen LogP contribution in [-0.2, 0) is 6.54 Å². The lowest BCUT2D eigenvalue weighted by molar-refractivity contribution is 0.349. The minimum Gasteiger partial charge on any atom is -0.362 e. The summed E-state index contributed by atoms with van der Waals surface area (Å²) in [6.07, 6.45) is 3.86. The fraction of sp³-hybridized carbons (Fsp3) is 0.417. The maximum atomic E-state index is 14.1. The van der Waals surface area contributed by atoms with Crippen LogP contribution in [0.3, 0.4) is 0 Å². The Hall–Kier alpha value is -2.80. The third kappa shape index (κ3) is 4.77. The molecule has 1 fully saturated rings. The van der Waals surface area contributed by atoms with Gasteiger partial charge in [-0.15, -0.1) is 0 Å². The van der Waals surface area contributed by atoms with E-state index in [2.05, 4.69) is 10.6 Å². The zero-order chi connectivity index (χ0) is 22.0. The molecule has 1 aliphatic carbocycles. The number of anilines is 2. The number of halogens is 2. The van der Waals surface area contributed by atoms with Crippen molar-refractivity contribution >= 4 is 22.7 Å². The molecule has 5 nitrogen and oxygen atoms in total. The Kier molecular flexibility index (Phi) is 6.32. The highest BCUT2D eigenvalue weighted by atomic mass is 19.2. The Bertz CT molecular complexity index is 1060. The standard InChI is InChI=1S/C24H29F2N5/c1-15-8-9-16(22(26)21(15)25)14-27-17-10-12-18(13-11-17)28-24-29-20-7-5-4-6-19(20)23(30-24)31(2)3/h4-9,17-18,27H,10-14H2,1-3H3,(H,28,29,30). The lowest BCUT2D eigenvalue weighted by Crippen LogP contribution is -2.37. The third-order valence-corrected chi connectivity index (χ3v) is 6.00. The minimum absolute atomic E-state index is 0.289. The SMILES string of the molecule is Cc1ccc(CNC2CCC(Nc3nc(N(C)C)c4ccccc4n3)CC2)c(F)c1F. The number of aromatic nitrogens is 2. The normalized spacial score (nSPS) is 18.9. The van der Waals surface area contributed by atoms with Crippen LogP contribution in [0, 0.1) is 18.6 Å². The first-order chi connectivity index (χ1) is 14.9. The molecule has 1 heterocycles. The van der Waals surface area contributed by atoms with E-state index >= 15 is 0 Å². The third-order valence-electron chi connectivity index (χ3n) is 6.00. The average Bonchev–Trinajstić information content (AvgIpc) is 2.77. The molecule has 1 aromatic heterocycles. The van der Waals surface area contributed by atoms with Crippen LogP contribution in [0.4, 0.5) is 20.5 Å². The molecular weight excluding hydrogens is 396 g/mol. The van der Waals surface area contributed by atoms with Gasteiger partial charge in [0.25, 0.3) is 0 Å². The van der Waals surface area contributed by atoms with Crippen LogP contribution in [0.15, 0.2) is 36.4 Å². The van der Waals surface area contributed by atoms with E-state index in [1.165, 1.54) is 0 Å². The number of hydrogen-bond donors (Lipinski definition) is 2. The number of para-hydroxylation sites is 1. The summed E-state index contributed by atoms with van der Waals surface area (Å²) in [6.45, 7) is 1.91. The van der Waals surface area contributed by atoms with E-state index in [0.717, 1.165) is 42.4 Å². The van der Waals surface area contributed by atoms with Crippen molar-refractivity contribution in [3.63, 3.8) is 0 Å². The van der Waals surface area contributed by atoms with Crippen LogP contribution in [-0.4, -0.2) is 36.1 Å². The first-order valence-electron chi connectivity index (χ1n) is 10.8. The predicted molar refractivity (Wildman–Crippen MR) is 121 cm³/mol. The maximum absolute atomic E-state index is 14.1. The van der Waals surface area contributed by atoms with Crippen LogP contribution in [0.25, 0.3) is 10.9 Å². The van der Waals surface area contributed by atoms with Crippen molar-refractivity contribution in [1.82, 2.24) is 15.3 Å². The Morgan fingerprint density at radius 1 is 0.935 bits per heavy atom. The van der Waals surface area contributed by atoms with Gasteiger partial charge in [0.15, 0.2) is 11.6 Å². The van der Waals surface area contributed by atoms with Crippen LogP contribution in [0.2, 0.25) is 0 Å². The van der Waals surface area contributed by atoms with Gasteiger partial charge in [-0.25, -0.2) is 13.8 Å². The van der Waals surface area contributed by atoms with Gasteiger partial charge in [0.05, 0.1) is 5.52 Å².